The van der Waals surface area contributed by atoms with Crippen LogP contribution >= 0.6 is 0 Å². The molecule has 0 spiro atoms. The van der Waals surface area contributed by atoms with Gasteiger partial charge in [-0.15, -0.1) is 0 Å². The van der Waals surface area contributed by atoms with Crippen molar-refractivity contribution >= 4 is 17.9 Å². The SMILES string of the molecule is CCCCCCC/C=C\C/C=C\C/C=C\CCCCCCCCCCCCCCCCCCCCCCCCCCCCC(=O)OC(COC(=O)CCCCCCCCCCCCC/C=C\CCCCCCCCCC)COC(OCC[N+](C)(C)C)C(=O)O. The molecule has 0 aromatic carbocycles. The number of hydrogen-bond acceptors (Lipinski definition) is 7. The number of nitrogens with zero attached hydrogens (tertiary/aromatic N) is 1. The normalized spacial score (nSPS) is 12.9. The zero-order valence-corrected chi connectivity index (χ0v) is 59.9. The van der Waals surface area contributed by atoms with Crippen molar-refractivity contribution < 1.29 is 42.9 Å². The topological polar surface area (TPSA) is 108 Å². The first-order chi connectivity index (χ1) is 43.6. The minimum Gasteiger partial charge on any atom is -0.477 e. The molecule has 0 saturated heterocycles. The number of ether oxygens (including phenoxy) is 4. The lowest BCUT2D eigenvalue weighted by atomic mass is 10.0. The second-order valence-corrected chi connectivity index (χ2v) is 27.7. The Hall–Kier alpha value is -2.75. The first-order valence-electron chi connectivity index (χ1n) is 38.8. The number of rotatable bonds is 73. The Bertz CT molecular complexity index is 1600. The van der Waals surface area contributed by atoms with Crippen LogP contribution in [0.5, 0.6) is 0 Å². The molecule has 0 rings (SSSR count). The summed E-state index contributed by atoms with van der Waals surface area (Å²) in [4.78, 5) is 37.7. The van der Waals surface area contributed by atoms with Gasteiger partial charge in [0.2, 0.25) is 0 Å². The summed E-state index contributed by atoms with van der Waals surface area (Å²) in [6.45, 7) is 4.93. The highest BCUT2D eigenvalue weighted by Gasteiger charge is 2.25. The Morgan fingerprint density at radius 2 is 0.607 bits per heavy atom. The summed E-state index contributed by atoms with van der Waals surface area (Å²) >= 11 is 0. The maximum atomic E-state index is 13.0. The maximum absolute atomic E-state index is 13.0. The van der Waals surface area contributed by atoms with E-state index in [1.54, 1.807) is 0 Å². The quantitative estimate of drug-likeness (QED) is 0.0211. The third kappa shape index (κ3) is 72.5. The molecule has 2 unspecified atom stereocenters. The van der Waals surface area contributed by atoms with E-state index >= 15 is 0 Å². The summed E-state index contributed by atoms with van der Waals surface area (Å²) in [6.07, 6.45) is 89.8. The Labute approximate surface area is 553 Å². The average molecular weight is 1250 g/mol. The van der Waals surface area contributed by atoms with Gasteiger partial charge in [0.1, 0.15) is 13.2 Å². The molecule has 0 saturated carbocycles. The number of carbonyl (C=O) groups is 3. The number of carbonyl (C=O) groups excluding carboxylic acids is 2. The van der Waals surface area contributed by atoms with Crippen LogP contribution in [-0.4, -0.2) is 87.4 Å². The molecule has 2 atom stereocenters. The first-order valence-corrected chi connectivity index (χ1v) is 38.8. The second kappa shape index (κ2) is 71.1. The van der Waals surface area contributed by atoms with E-state index < -0.39 is 18.4 Å². The van der Waals surface area contributed by atoms with Crippen molar-refractivity contribution in [2.45, 2.75) is 399 Å². The highest BCUT2D eigenvalue weighted by molar-refractivity contribution is 5.71. The molecule has 0 aromatic rings. The number of esters is 2. The lowest BCUT2D eigenvalue weighted by Crippen LogP contribution is -2.40. The summed E-state index contributed by atoms with van der Waals surface area (Å²) < 4.78 is 23.0. The van der Waals surface area contributed by atoms with Gasteiger partial charge in [-0.3, -0.25) is 9.59 Å². The lowest BCUT2D eigenvalue weighted by Gasteiger charge is -2.25. The first kappa shape index (κ1) is 86.2. The minimum atomic E-state index is -1.51. The molecule has 9 nitrogen and oxygen atoms in total. The number of hydrogen-bond donors (Lipinski definition) is 1. The monoisotopic (exact) mass is 1250 g/mol. The van der Waals surface area contributed by atoms with Gasteiger partial charge in [0, 0.05) is 12.8 Å². The molecule has 0 aromatic heterocycles. The summed E-state index contributed by atoms with van der Waals surface area (Å²) in [5, 5.41) is 9.76. The molecule has 0 amide bonds. The molecule has 0 radical (unpaired) electrons. The molecule has 0 aliphatic heterocycles. The highest BCUT2D eigenvalue weighted by atomic mass is 16.7. The molecule has 1 N–H and O–H groups in total. The number of unbranched alkanes of at least 4 members (excludes halogenated alkanes) is 50. The summed E-state index contributed by atoms with van der Waals surface area (Å²) in [6, 6.07) is 0. The third-order valence-electron chi connectivity index (χ3n) is 17.6. The van der Waals surface area contributed by atoms with Crippen molar-refractivity contribution in [1.29, 1.82) is 0 Å². The van der Waals surface area contributed by atoms with Crippen LogP contribution in [0.25, 0.3) is 0 Å². The fraction of sp³-hybridized carbons (Fsp3) is 0.863. The van der Waals surface area contributed by atoms with Crippen molar-refractivity contribution in [3.8, 4) is 0 Å². The molecule has 0 aliphatic carbocycles. The van der Waals surface area contributed by atoms with Crippen LogP contribution in [0.3, 0.4) is 0 Å². The summed E-state index contributed by atoms with van der Waals surface area (Å²) in [7, 11) is 5.99. The van der Waals surface area contributed by atoms with Gasteiger partial charge in [0.25, 0.3) is 6.29 Å². The summed E-state index contributed by atoms with van der Waals surface area (Å²) in [5.74, 6) is -1.98. The van der Waals surface area contributed by atoms with E-state index in [1.807, 2.05) is 21.1 Å². The van der Waals surface area contributed by atoms with Crippen LogP contribution in [0.2, 0.25) is 0 Å². The van der Waals surface area contributed by atoms with Gasteiger partial charge in [-0.2, -0.15) is 0 Å². The molecule has 0 fully saturated rings. The number of aliphatic carboxylic acids is 1. The minimum absolute atomic E-state index is 0.177. The molecule has 0 aliphatic rings. The van der Waals surface area contributed by atoms with E-state index in [1.165, 1.54) is 308 Å². The van der Waals surface area contributed by atoms with Crippen molar-refractivity contribution in [3.05, 3.63) is 48.6 Å². The van der Waals surface area contributed by atoms with Crippen LogP contribution in [0.4, 0.5) is 0 Å². The average Bonchev–Trinajstić information content (AvgIpc) is 3.64. The number of likely N-dealkylation sites (N-methyl/N-ethyl adjacent to an activating group) is 1. The standard InChI is InChI=1S/C80H149NO8/c1-6-8-10-12-14-16-18-20-22-24-26-28-30-31-32-33-34-35-36-37-38-39-40-41-42-43-44-45-46-47-49-51-53-55-57-59-61-63-65-67-69-71-78(83)89-76(75-88-80(79(84)85)86-73-72-81(3,4)5)74-87-77(82)70-68-66-64-62-60-58-56-54-52-50-48-29-27-25-23-21-19-17-15-13-11-9-7-2/h18,20,24-27,30-31,76,80H,6-17,19,21-23,28-29,32-75H2,1-5H3/p+1/b20-18-,26-24-,27-25-,31-30-. The highest BCUT2D eigenvalue weighted by Crippen LogP contribution is 2.19. The van der Waals surface area contributed by atoms with Crippen LogP contribution in [0.1, 0.15) is 386 Å². The Balaban J connectivity index is 3.95. The second-order valence-electron chi connectivity index (χ2n) is 27.7. The van der Waals surface area contributed by atoms with Crippen LogP contribution in [-0.2, 0) is 33.3 Å². The lowest BCUT2D eigenvalue weighted by molar-refractivity contribution is -0.870. The fourth-order valence-electron chi connectivity index (χ4n) is 11.6. The van der Waals surface area contributed by atoms with Crippen LogP contribution in [0, 0.1) is 0 Å². The van der Waals surface area contributed by atoms with Gasteiger partial charge < -0.3 is 28.5 Å². The third-order valence-corrected chi connectivity index (χ3v) is 17.6. The van der Waals surface area contributed by atoms with E-state index in [9.17, 15) is 19.5 Å². The van der Waals surface area contributed by atoms with Gasteiger partial charge in [0.05, 0.1) is 34.4 Å². The van der Waals surface area contributed by atoms with Gasteiger partial charge in [-0.1, -0.05) is 345 Å². The van der Waals surface area contributed by atoms with E-state index in [0.717, 1.165) is 51.4 Å². The van der Waals surface area contributed by atoms with Gasteiger partial charge in [0.15, 0.2) is 6.10 Å². The molecular weight excluding hydrogens is 1100 g/mol. The van der Waals surface area contributed by atoms with Gasteiger partial charge in [-0.25, -0.2) is 4.79 Å². The number of quaternary nitrogens is 1. The zero-order valence-electron chi connectivity index (χ0n) is 59.9. The number of carboxylic acids is 1. The van der Waals surface area contributed by atoms with Gasteiger partial charge in [-0.05, 0) is 77.0 Å². The number of carboxylic acid groups (broad SMARTS) is 1. The fourth-order valence-corrected chi connectivity index (χ4v) is 11.6. The Morgan fingerprint density at radius 3 is 0.910 bits per heavy atom. The van der Waals surface area contributed by atoms with Crippen molar-refractivity contribution in [3.63, 3.8) is 0 Å². The van der Waals surface area contributed by atoms with Crippen molar-refractivity contribution in [1.82, 2.24) is 0 Å². The molecule has 0 heterocycles. The van der Waals surface area contributed by atoms with Crippen molar-refractivity contribution in [2.75, 3.05) is 47.5 Å². The molecule has 0 bridgehead atoms. The zero-order chi connectivity index (χ0) is 64.7. The summed E-state index contributed by atoms with van der Waals surface area (Å²) in [5.41, 5.74) is 0. The molecule has 9 heteroatoms. The number of allylic oxidation sites excluding steroid dienone is 8. The predicted molar refractivity (Wildman–Crippen MR) is 383 cm³/mol. The Morgan fingerprint density at radius 1 is 0.337 bits per heavy atom. The Kier molecular flexibility index (Phi) is 68.9. The smallest absolute Gasteiger partial charge is 0.361 e. The molecular formula is C80H150NO8+. The largest absolute Gasteiger partial charge is 0.477 e. The van der Waals surface area contributed by atoms with Crippen molar-refractivity contribution in [2.24, 2.45) is 0 Å². The van der Waals surface area contributed by atoms with Crippen LogP contribution < -0.4 is 0 Å². The molecule has 522 valence electrons. The predicted octanol–water partition coefficient (Wildman–Crippen LogP) is 24.5. The van der Waals surface area contributed by atoms with E-state index in [4.69, 9.17) is 18.9 Å². The molecule has 89 heavy (non-hydrogen) atoms. The maximum Gasteiger partial charge on any atom is 0.361 e. The van der Waals surface area contributed by atoms with E-state index in [2.05, 4.69) is 62.5 Å². The van der Waals surface area contributed by atoms with Gasteiger partial charge >= 0.3 is 17.9 Å². The van der Waals surface area contributed by atoms with E-state index in [0.29, 0.717) is 17.4 Å². The van der Waals surface area contributed by atoms with E-state index in [-0.39, 0.29) is 38.2 Å². The van der Waals surface area contributed by atoms with Crippen LogP contribution in [0.15, 0.2) is 48.6 Å².